The predicted molar refractivity (Wildman–Crippen MR) is 126 cm³/mol. The molecule has 2 aliphatic rings. The molecule has 0 unspecified atom stereocenters. The molecule has 1 aromatic heterocycles. The third kappa shape index (κ3) is 3.48. The van der Waals surface area contributed by atoms with Crippen LogP contribution in [-0.4, -0.2) is 17.5 Å². The number of nitro groups is 1. The van der Waals surface area contributed by atoms with Crippen LogP contribution in [0.15, 0.2) is 61.2 Å². The Morgan fingerprint density at radius 2 is 1.84 bits per heavy atom. The summed E-state index contributed by atoms with van der Waals surface area (Å²) in [7, 11) is 0. The van der Waals surface area contributed by atoms with Crippen molar-refractivity contribution in [1.82, 2.24) is 0 Å². The van der Waals surface area contributed by atoms with Gasteiger partial charge >= 0.3 is 5.97 Å². The van der Waals surface area contributed by atoms with Crippen LogP contribution in [0.2, 0.25) is 0 Å². The second kappa shape index (κ2) is 8.18. The van der Waals surface area contributed by atoms with Crippen LogP contribution in [0.25, 0.3) is 16.7 Å². The lowest BCUT2D eigenvalue weighted by atomic mass is 9.99. The molecule has 0 bridgehead atoms. The van der Waals surface area contributed by atoms with Crippen molar-refractivity contribution in [3.8, 4) is 11.1 Å². The highest BCUT2D eigenvalue weighted by Crippen LogP contribution is 2.59. The molecule has 5 nitrogen and oxygen atoms in total. The number of hydrogen-bond donors (Lipinski definition) is 0. The molecule has 1 aliphatic heterocycles. The molecule has 5 rings (SSSR count). The van der Waals surface area contributed by atoms with Gasteiger partial charge in [-0.05, 0) is 35.2 Å². The summed E-state index contributed by atoms with van der Waals surface area (Å²) in [4.78, 5) is 26.4. The molecule has 8 heteroatoms. The number of non-ortho nitro benzene ring substituents is 1. The Hall–Kier alpha value is -2.55. The summed E-state index contributed by atoms with van der Waals surface area (Å²) >= 11 is 5.02. The van der Waals surface area contributed by atoms with E-state index in [2.05, 4.69) is 10.8 Å². The number of carbonyl (C=O) groups is 1. The van der Waals surface area contributed by atoms with Crippen LogP contribution in [-0.2, 0) is 4.74 Å². The van der Waals surface area contributed by atoms with E-state index in [0.29, 0.717) is 12.2 Å². The van der Waals surface area contributed by atoms with Gasteiger partial charge in [0.2, 0.25) is 0 Å². The highest BCUT2D eigenvalue weighted by molar-refractivity contribution is 8.25. The number of fused-ring (bicyclic) bond motifs is 4. The van der Waals surface area contributed by atoms with Crippen molar-refractivity contribution >= 4 is 52.1 Å². The number of thiophene rings is 1. The molecule has 31 heavy (non-hydrogen) atoms. The maximum Gasteiger partial charge on any atom is 0.338 e. The molecule has 3 aromatic rings. The van der Waals surface area contributed by atoms with Gasteiger partial charge in [0.25, 0.3) is 5.69 Å². The fraction of sp³-hybridized carbons (Fsp3) is 0.174. The molecule has 2 aromatic carbocycles. The normalized spacial score (nSPS) is 13.7. The third-order valence-corrected chi connectivity index (χ3v) is 8.81. The van der Waals surface area contributed by atoms with Crippen LogP contribution >= 0.6 is 34.9 Å². The molecule has 0 atom stereocenters. The number of ether oxygens (including phenoxy) is 1. The first-order valence-corrected chi connectivity index (χ1v) is 12.4. The summed E-state index contributed by atoms with van der Waals surface area (Å²) in [5.74, 6) is -0.355. The molecule has 2 heterocycles. The van der Waals surface area contributed by atoms with E-state index in [4.69, 9.17) is 4.74 Å². The Morgan fingerprint density at radius 1 is 1.06 bits per heavy atom. The highest BCUT2D eigenvalue weighted by atomic mass is 32.2. The van der Waals surface area contributed by atoms with E-state index in [1.807, 2.05) is 19.1 Å². The van der Waals surface area contributed by atoms with Gasteiger partial charge in [0.05, 0.1) is 21.3 Å². The van der Waals surface area contributed by atoms with E-state index < -0.39 is 0 Å². The Morgan fingerprint density at radius 3 is 2.55 bits per heavy atom. The van der Waals surface area contributed by atoms with Gasteiger partial charge in [0.1, 0.15) is 0 Å². The molecular formula is C23H17NO4S3. The number of carbonyl (C=O) groups excluding carboxylic acids is 1. The average Bonchev–Trinajstić information content (AvgIpc) is 3.44. The maximum absolute atomic E-state index is 12.9. The third-order valence-electron chi connectivity index (χ3n) is 5.24. The number of rotatable bonds is 5. The van der Waals surface area contributed by atoms with Crippen molar-refractivity contribution in [2.24, 2.45) is 0 Å². The molecule has 0 radical (unpaired) electrons. The van der Waals surface area contributed by atoms with E-state index in [1.54, 1.807) is 53.1 Å². The number of esters is 1. The average molecular weight is 468 g/mol. The topological polar surface area (TPSA) is 69.4 Å². The zero-order chi connectivity index (χ0) is 21.5. The number of benzene rings is 2. The highest BCUT2D eigenvalue weighted by Gasteiger charge is 2.34. The summed E-state index contributed by atoms with van der Waals surface area (Å²) in [6.45, 7) is 2.43. The lowest BCUT2D eigenvalue weighted by Crippen LogP contribution is -2.08. The Bertz CT molecular complexity index is 1240. The standard InChI is InChI=1S/C23H17NO4S3/c1-2-3-9-28-22(25)16-6-4-5-15-20(16)14-8-7-13(24(26)27)10-17(14)21(15)23-30-18-11-29-12-19(18)31-23/h4-8,10-12H,2-3,9H2,1H3. The molecule has 0 spiro atoms. The van der Waals surface area contributed by atoms with E-state index in [-0.39, 0.29) is 16.6 Å². The van der Waals surface area contributed by atoms with Gasteiger partial charge in [0, 0.05) is 43.8 Å². The van der Waals surface area contributed by atoms with Gasteiger partial charge in [-0.3, -0.25) is 10.1 Å². The largest absolute Gasteiger partial charge is 0.462 e. The lowest BCUT2D eigenvalue weighted by molar-refractivity contribution is -0.384. The second-order valence-corrected chi connectivity index (χ2v) is 10.3. The number of nitrogens with zero attached hydrogens (tertiary/aromatic N) is 1. The zero-order valence-corrected chi connectivity index (χ0v) is 19.0. The molecule has 156 valence electrons. The monoisotopic (exact) mass is 467 g/mol. The van der Waals surface area contributed by atoms with Crippen LogP contribution in [0.1, 0.15) is 41.3 Å². The Labute approximate surface area is 191 Å². The molecule has 1 aliphatic carbocycles. The van der Waals surface area contributed by atoms with E-state index >= 15 is 0 Å². The quantitative estimate of drug-likeness (QED) is 0.134. The second-order valence-electron chi connectivity index (χ2n) is 7.17. The Balaban J connectivity index is 1.68. The van der Waals surface area contributed by atoms with Gasteiger partial charge in [-0.1, -0.05) is 49.0 Å². The molecule has 0 N–H and O–H groups in total. The molecular weight excluding hydrogens is 450 g/mol. The van der Waals surface area contributed by atoms with Crippen molar-refractivity contribution < 1.29 is 14.5 Å². The Kier molecular flexibility index (Phi) is 5.37. The summed E-state index contributed by atoms with van der Waals surface area (Å²) in [5.41, 5.74) is 4.84. The number of unbranched alkanes of at least 4 members (excludes halogenated alkanes) is 1. The minimum atomic E-state index is -0.378. The van der Waals surface area contributed by atoms with Crippen molar-refractivity contribution in [3.63, 3.8) is 0 Å². The van der Waals surface area contributed by atoms with Gasteiger partial charge in [-0.25, -0.2) is 4.79 Å². The molecule has 0 saturated heterocycles. The summed E-state index contributed by atoms with van der Waals surface area (Å²) in [6, 6.07) is 10.5. The minimum absolute atomic E-state index is 0.0407. The first-order chi connectivity index (χ1) is 15.1. The molecule has 0 amide bonds. The van der Waals surface area contributed by atoms with E-state index in [1.165, 1.54) is 15.9 Å². The van der Waals surface area contributed by atoms with Crippen LogP contribution in [0.5, 0.6) is 0 Å². The smallest absolute Gasteiger partial charge is 0.338 e. The van der Waals surface area contributed by atoms with Gasteiger partial charge in [-0.2, -0.15) is 11.3 Å². The first-order valence-electron chi connectivity index (χ1n) is 9.84. The van der Waals surface area contributed by atoms with Crippen molar-refractivity contribution in [2.45, 2.75) is 29.6 Å². The van der Waals surface area contributed by atoms with Crippen LogP contribution in [0.3, 0.4) is 0 Å². The minimum Gasteiger partial charge on any atom is -0.462 e. The van der Waals surface area contributed by atoms with E-state index in [9.17, 15) is 14.9 Å². The maximum atomic E-state index is 12.9. The summed E-state index contributed by atoms with van der Waals surface area (Å²) in [5, 5.41) is 15.7. The predicted octanol–water partition coefficient (Wildman–Crippen LogP) is 7.21. The van der Waals surface area contributed by atoms with Crippen LogP contribution < -0.4 is 0 Å². The van der Waals surface area contributed by atoms with Gasteiger partial charge in [-0.15, -0.1) is 0 Å². The van der Waals surface area contributed by atoms with Crippen molar-refractivity contribution in [2.75, 3.05) is 6.61 Å². The van der Waals surface area contributed by atoms with Crippen LogP contribution in [0, 0.1) is 10.1 Å². The fourth-order valence-electron chi connectivity index (χ4n) is 3.79. The van der Waals surface area contributed by atoms with Crippen molar-refractivity contribution in [1.29, 1.82) is 0 Å². The fourth-order valence-corrected chi connectivity index (χ4v) is 7.54. The number of nitro benzene ring substituents is 1. The molecule has 0 fully saturated rings. The van der Waals surface area contributed by atoms with Gasteiger partial charge in [0.15, 0.2) is 0 Å². The lowest BCUT2D eigenvalue weighted by Gasteiger charge is -2.10. The van der Waals surface area contributed by atoms with E-state index in [0.717, 1.165) is 44.9 Å². The molecule has 0 saturated carbocycles. The SMILES string of the molecule is CCCCOC(=O)c1cccc2c1-c1ccc([N+](=O)[O-])cc1C2=C1Sc2cscc2S1. The van der Waals surface area contributed by atoms with Gasteiger partial charge < -0.3 is 4.74 Å². The summed E-state index contributed by atoms with van der Waals surface area (Å²) < 4.78 is 6.58. The number of hydrogen-bond acceptors (Lipinski definition) is 7. The van der Waals surface area contributed by atoms with Crippen molar-refractivity contribution in [3.05, 3.63) is 78.2 Å². The summed E-state index contributed by atoms with van der Waals surface area (Å²) in [6.07, 6.45) is 1.76. The number of thioether (sulfide) groups is 2. The zero-order valence-electron chi connectivity index (χ0n) is 16.5. The van der Waals surface area contributed by atoms with Crippen LogP contribution in [0.4, 0.5) is 5.69 Å². The first kappa shape index (κ1) is 20.4.